The van der Waals surface area contributed by atoms with Gasteiger partial charge in [0, 0.05) is 11.8 Å². The molecule has 2 nitrogen and oxygen atoms in total. The molecule has 90 valence electrons. The summed E-state index contributed by atoms with van der Waals surface area (Å²) in [5.41, 5.74) is 0.386. The summed E-state index contributed by atoms with van der Waals surface area (Å²) in [6, 6.07) is 0. The molecule has 0 spiro atoms. The fourth-order valence-corrected chi connectivity index (χ4v) is 2.19. The zero-order valence-corrected chi connectivity index (χ0v) is 11.1. The van der Waals surface area contributed by atoms with Crippen LogP contribution in [0.2, 0.25) is 0 Å². The molecule has 1 aromatic rings. The van der Waals surface area contributed by atoms with E-state index in [1.54, 1.807) is 0 Å². The van der Waals surface area contributed by atoms with Crippen molar-refractivity contribution in [2.75, 3.05) is 0 Å². The highest BCUT2D eigenvalue weighted by Crippen LogP contribution is 2.47. The van der Waals surface area contributed by atoms with Crippen LogP contribution in [0.1, 0.15) is 59.1 Å². The Morgan fingerprint density at radius 1 is 1.25 bits per heavy atom. The minimum Gasteiger partial charge on any atom is -0.445 e. The van der Waals surface area contributed by atoms with Gasteiger partial charge >= 0.3 is 0 Å². The third kappa shape index (κ3) is 2.47. The van der Waals surface area contributed by atoms with Crippen LogP contribution < -0.4 is 0 Å². The topological polar surface area (TPSA) is 26.0 Å². The second kappa shape index (κ2) is 3.61. The minimum atomic E-state index is 0.0158. The molecular weight excluding hydrogens is 198 g/mol. The Kier molecular flexibility index (Phi) is 2.64. The van der Waals surface area contributed by atoms with E-state index in [1.165, 1.54) is 12.8 Å². The highest BCUT2D eigenvalue weighted by atomic mass is 16.4. The summed E-state index contributed by atoms with van der Waals surface area (Å²) < 4.78 is 5.85. The maximum atomic E-state index is 5.85. The number of nitrogens with zero attached hydrogens (tertiary/aromatic N) is 1. The number of oxazole rings is 1. The minimum absolute atomic E-state index is 0.0158. The smallest absolute Gasteiger partial charge is 0.199 e. The molecule has 2 rings (SSSR count). The Bertz CT molecular complexity index is 366. The second-order valence-electron chi connectivity index (χ2n) is 6.82. The summed E-state index contributed by atoms with van der Waals surface area (Å²) in [6.07, 6.45) is 5.69. The zero-order chi connectivity index (χ0) is 12.0. The lowest BCUT2D eigenvalue weighted by Crippen LogP contribution is -2.17. The fraction of sp³-hybridized carbons (Fsp3) is 0.786. The Labute approximate surface area is 98.5 Å². The maximum Gasteiger partial charge on any atom is 0.199 e. The number of rotatable bonds is 3. The lowest BCUT2D eigenvalue weighted by Gasteiger charge is -2.22. The molecule has 1 saturated carbocycles. The zero-order valence-electron chi connectivity index (χ0n) is 11.1. The average molecular weight is 221 g/mol. The first kappa shape index (κ1) is 11.7. The van der Waals surface area contributed by atoms with Gasteiger partial charge in [-0.15, -0.1) is 0 Å². The number of aromatic nitrogens is 1. The van der Waals surface area contributed by atoms with E-state index in [2.05, 4.69) is 39.6 Å². The van der Waals surface area contributed by atoms with Crippen molar-refractivity contribution in [2.45, 2.75) is 59.3 Å². The Balaban J connectivity index is 2.08. The Hall–Kier alpha value is -0.790. The van der Waals surface area contributed by atoms with Gasteiger partial charge in [-0.25, -0.2) is 4.98 Å². The summed E-state index contributed by atoms with van der Waals surface area (Å²) >= 11 is 0. The van der Waals surface area contributed by atoms with Crippen LogP contribution in [0.4, 0.5) is 0 Å². The fourth-order valence-electron chi connectivity index (χ4n) is 2.19. The molecule has 2 heteroatoms. The molecule has 0 amide bonds. The van der Waals surface area contributed by atoms with Crippen LogP contribution in [-0.2, 0) is 11.8 Å². The molecule has 0 N–H and O–H groups in total. The molecule has 1 aliphatic rings. The van der Waals surface area contributed by atoms with Crippen molar-refractivity contribution in [3.8, 4) is 0 Å². The molecule has 1 fully saturated rings. The largest absolute Gasteiger partial charge is 0.445 e. The van der Waals surface area contributed by atoms with Crippen LogP contribution in [0.5, 0.6) is 0 Å². The van der Waals surface area contributed by atoms with Crippen LogP contribution in [0, 0.1) is 11.3 Å². The predicted molar refractivity (Wildman–Crippen MR) is 65.4 cm³/mol. The lowest BCUT2D eigenvalue weighted by atomic mass is 9.83. The van der Waals surface area contributed by atoms with Crippen molar-refractivity contribution in [3.63, 3.8) is 0 Å². The average Bonchev–Trinajstić information content (AvgIpc) is 2.87. The highest BCUT2D eigenvalue weighted by molar-refractivity contribution is 5.05. The molecule has 0 atom stereocenters. The summed E-state index contributed by atoms with van der Waals surface area (Å²) in [5, 5.41) is 0. The molecule has 1 heterocycles. The molecule has 0 radical (unpaired) electrons. The molecule has 0 saturated heterocycles. The lowest BCUT2D eigenvalue weighted by molar-refractivity contribution is 0.271. The van der Waals surface area contributed by atoms with Crippen molar-refractivity contribution in [1.29, 1.82) is 0 Å². The SMILES string of the molecule is CC(C)(C)c1ncc(CC(C)(C)C2CC2)o1. The first-order valence-corrected chi connectivity index (χ1v) is 6.24. The van der Waals surface area contributed by atoms with Crippen molar-refractivity contribution < 1.29 is 4.42 Å². The van der Waals surface area contributed by atoms with Gasteiger partial charge in [-0.2, -0.15) is 0 Å². The third-order valence-corrected chi connectivity index (χ3v) is 3.51. The number of hydrogen-bond donors (Lipinski definition) is 0. The Morgan fingerprint density at radius 3 is 2.31 bits per heavy atom. The summed E-state index contributed by atoms with van der Waals surface area (Å²) in [5.74, 6) is 2.78. The Morgan fingerprint density at radius 2 is 1.88 bits per heavy atom. The summed E-state index contributed by atoms with van der Waals surface area (Å²) in [6.45, 7) is 11.1. The van der Waals surface area contributed by atoms with Crippen LogP contribution >= 0.6 is 0 Å². The van der Waals surface area contributed by atoms with Crippen molar-refractivity contribution in [1.82, 2.24) is 4.98 Å². The highest BCUT2D eigenvalue weighted by Gasteiger charge is 2.38. The van der Waals surface area contributed by atoms with E-state index in [9.17, 15) is 0 Å². The van der Waals surface area contributed by atoms with Gasteiger partial charge in [-0.3, -0.25) is 0 Å². The van der Waals surface area contributed by atoms with Gasteiger partial charge in [0.2, 0.25) is 0 Å². The molecule has 0 aromatic carbocycles. The van der Waals surface area contributed by atoms with Crippen molar-refractivity contribution in [3.05, 3.63) is 17.8 Å². The van der Waals surface area contributed by atoms with Gasteiger partial charge in [0.1, 0.15) is 5.76 Å². The van der Waals surface area contributed by atoms with E-state index < -0.39 is 0 Å². The quantitative estimate of drug-likeness (QED) is 0.772. The molecule has 16 heavy (non-hydrogen) atoms. The summed E-state index contributed by atoms with van der Waals surface area (Å²) in [4.78, 5) is 4.38. The summed E-state index contributed by atoms with van der Waals surface area (Å²) in [7, 11) is 0. The van der Waals surface area contributed by atoms with Gasteiger partial charge in [-0.1, -0.05) is 34.6 Å². The first-order chi connectivity index (χ1) is 7.29. The van der Waals surface area contributed by atoms with Gasteiger partial charge in [0.15, 0.2) is 5.89 Å². The monoisotopic (exact) mass is 221 g/mol. The van der Waals surface area contributed by atoms with E-state index in [0.29, 0.717) is 5.41 Å². The van der Waals surface area contributed by atoms with Crippen molar-refractivity contribution in [2.24, 2.45) is 11.3 Å². The van der Waals surface area contributed by atoms with E-state index in [1.807, 2.05) is 6.20 Å². The standard InChI is InChI=1S/C14H23NO/c1-13(2,3)12-15-9-11(16-12)8-14(4,5)10-6-7-10/h9-10H,6-8H2,1-5H3. The van der Waals surface area contributed by atoms with E-state index in [-0.39, 0.29) is 5.41 Å². The predicted octanol–water partition coefficient (Wildman–Crippen LogP) is 3.95. The number of hydrogen-bond acceptors (Lipinski definition) is 2. The third-order valence-electron chi connectivity index (χ3n) is 3.51. The first-order valence-electron chi connectivity index (χ1n) is 6.24. The molecule has 0 aliphatic heterocycles. The second-order valence-corrected chi connectivity index (χ2v) is 6.82. The molecule has 0 bridgehead atoms. The maximum absolute atomic E-state index is 5.85. The molecular formula is C14H23NO. The molecule has 0 unspecified atom stereocenters. The van der Waals surface area contributed by atoms with E-state index >= 15 is 0 Å². The van der Waals surface area contributed by atoms with Crippen molar-refractivity contribution >= 4 is 0 Å². The van der Waals surface area contributed by atoms with Crippen LogP contribution in [-0.4, -0.2) is 4.98 Å². The normalized spacial score (nSPS) is 17.8. The van der Waals surface area contributed by atoms with Gasteiger partial charge < -0.3 is 4.42 Å². The van der Waals surface area contributed by atoms with Gasteiger partial charge in [-0.05, 0) is 24.2 Å². The van der Waals surface area contributed by atoms with Crippen LogP contribution in [0.25, 0.3) is 0 Å². The molecule has 1 aliphatic carbocycles. The van der Waals surface area contributed by atoms with Gasteiger partial charge in [0.25, 0.3) is 0 Å². The van der Waals surface area contributed by atoms with Gasteiger partial charge in [0.05, 0.1) is 6.20 Å². The molecule has 1 aromatic heterocycles. The van der Waals surface area contributed by atoms with E-state index in [4.69, 9.17) is 4.42 Å². The van der Waals surface area contributed by atoms with Crippen LogP contribution in [0.15, 0.2) is 10.6 Å². The van der Waals surface area contributed by atoms with Crippen LogP contribution in [0.3, 0.4) is 0 Å². The van der Waals surface area contributed by atoms with E-state index in [0.717, 1.165) is 24.0 Å².